The monoisotopic (exact) mass is 306 g/mol. The highest BCUT2D eigenvalue weighted by Gasteiger charge is 2.12. The smallest absolute Gasteiger partial charge is 0.260 e. The highest BCUT2D eigenvalue weighted by molar-refractivity contribution is 9.10. The van der Waals surface area contributed by atoms with E-state index in [1.165, 1.54) is 6.07 Å². The molecule has 1 aromatic heterocycles. The third-order valence-corrected chi connectivity index (χ3v) is 2.94. The van der Waals surface area contributed by atoms with Gasteiger partial charge in [-0.25, -0.2) is 4.98 Å². The molecule has 0 aliphatic heterocycles. The summed E-state index contributed by atoms with van der Waals surface area (Å²) in [6.07, 6.45) is 1.60. The van der Waals surface area contributed by atoms with Crippen LogP contribution in [0.25, 0.3) is 0 Å². The Labute approximate surface area is 113 Å². The number of aryl methyl sites for hydroxylation is 1. The number of benzene rings is 1. The summed E-state index contributed by atoms with van der Waals surface area (Å²) in [5.74, 6) is 0.0297. The second-order valence-electron chi connectivity index (χ2n) is 3.78. The van der Waals surface area contributed by atoms with Crippen LogP contribution in [0.5, 0.6) is 5.75 Å². The van der Waals surface area contributed by atoms with Gasteiger partial charge in [0.15, 0.2) is 0 Å². The molecular weight excluding hydrogens is 296 g/mol. The highest BCUT2D eigenvalue weighted by Crippen LogP contribution is 2.23. The van der Waals surface area contributed by atoms with E-state index in [0.717, 1.165) is 5.56 Å². The minimum absolute atomic E-state index is 0.0736. The molecule has 1 amide bonds. The van der Waals surface area contributed by atoms with Gasteiger partial charge in [-0.15, -0.1) is 0 Å². The number of hydrogen-bond acceptors (Lipinski definition) is 3. The van der Waals surface area contributed by atoms with Crippen molar-refractivity contribution in [3.63, 3.8) is 0 Å². The van der Waals surface area contributed by atoms with Gasteiger partial charge in [-0.1, -0.05) is 22.0 Å². The summed E-state index contributed by atoms with van der Waals surface area (Å²) >= 11 is 3.22. The molecule has 0 bridgehead atoms. The number of amides is 1. The second kappa shape index (κ2) is 5.18. The number of phenolic OH excluding ortho intramolecular Hbond substituents is 1. The Kier molecular flexibility index (Phi) is 3.62. The van der Waals surface area contributed by atoms with Gasteiger partial charge in [-0.05, 0) is 36.8 Å². The molecule has 2 rings (SSSR count). The van der Waals surface area contributed by atoms with Gasteiger partial charge in [-0.2, -0.15) is 0 Å². The number of phenols is 1. The van der Waals surface area contributed by atoms with Crippen LogP contribution < -0.4 is 5.32 Å². The molecule has 0 aliphatic carbocycles. The number of aromatic nitrogens is 1. The zero-order valence-electron chi connectivity index (χ0n) is 9.64. The molecule has 0 unspecified atom stereocenters. The zero-order valence-corrected chi connectivity index (χ0v) is 11.2. The molecule has 1 heterocycles. The summed E-state index contributed by atoms with van der Waals surface area (Å²) in [6.45, 7) is 1.85. The van der Waals surface area contributed by atoms with Crippen LogP contribution >= 0.6 is 15.9 Å². The minimum atomic E-state index is -0.387. The van der Waals surface area contributed by atoms with Gasteiger partial charge in [0.1, 0.15) is 11.6 Å². The van der Waals surface area contributed by atoms with Crippen molar-refractivity contribution < 1.29 is 9.90 Å². The molecule has 2 N–H and O–H groups in total. The Morgan fingerprint density at radius 1 is 1.39 bits per heavy atom. The lowest BCUT2D eigenvalue weighted by atomic mass is 10.2. The molecule has 0 spiro atoms. The van der Waals surface area contributed by atoms with E-state index in [-0.39, 0.29) is 17.2 Å². The van der Waals surface area contributed by atoms with Crippen molar-refractivity contribution in [2.75, 3.05) is 5.32 Å². The first-order valence-corrected chi connectivity index (χ1v) is 6.08. The molecule has 0 fully saturated rings. The summed E-state index contributed by atoms with van der Waals surface area (Å²) in [5.41, 5.74) is 1.07. The lowest BCUT2D eigenvalue weighted by Gasteiger charge is -2.08. The average Bonchev–Trinajstić information content (AvgIpc) is 2.32. The molecule has 4 nitrogen and oxygen atoms in total. The van der Waals surface area contributed by atoms with E-state index < -0.39 is 0 Å². The third-order valence-electron chi connectivity index (χ3n) is 2.45. The number of halogens is 1. The normalized spacial score (nSPS) is 10.1. The standard InChI is InChI=1S/C13H11BrN2O2/c1-8-3-2-6-15-12(8)16-13(18)10-5-4-9(14)7-11(10)17/h2-7,17H,1H3,(H,15,16,18). The van der Waals surface area contributed by atoms with Gasteiger partial charge in [0.05, 0.1) is 5.56 Å². The Morgan fingerprint density at radius 3 is 2.83 bits per heavy atom. The molecule has 0 saturated heterocycles. The predicted octanol–water partition coefficient (Wildman–Crippen LogP) is 3.11. The first-order valence-electron chi connectivity index (χ1n) is 5.29. The molecule has 0 atom stereocenters. The van der Waals surface area contributed by atoms with E-state index in [9.17, 15) is 9.90 Å². The first kappa shape index (κ1) is 12.6. The average molecular weight is 307 g/mol. The number of carbonyl (C=O) groups is 1. The Balaban J connectivity index is 2.25. The van der Waals surface area contributed by atoms with Gasteiger partial charge < -0.3 is 10.4 Å². The maximum atomic E-state index is 12.0. The van der Waals surface area contributed by atoms with Crippen LogP contribution in [0.1, 0.15) is 15.9 Å². The van der Waals surface area contributed by atoms with Crippen LogP contribution in [0.15, 0.2) is 41.0 Å². The van der Waals surface area contributed by atoms with E-state index in [1.54, 1.807) is 24.4 Å². The molecule has 18 heavy (non-hydrogen) atoms. The van der Waals surface area contributed by atoms with E-state index in [2.05, 4.69) is 26.2 Å². The number of hydrogen-bond donors (Lipinski definition) is 2. The van der Waals surface area contributed by atoms with Crippen molar-refractivity contribution in [3.05, 3.63) is 52.1 Å². The summed E-state index contributed by atoms with van der Waals surface area (Å²) in [6, 6.07) is 8.36. The number of anilines is 1. The summed E-state index contributed by atoms with van der Waals surface area (Å²) in [5, 5.41) is 12.4. The second-order valence-corrected chi connectivity index (χ2v) is 4.70. The third kappa shape index (κ3) is 2.68. The fraction of sp³-hybridized carbons (Fsp3) is 0.0769. The summed E-state index contributed by atoms with van der Waals surface area (Å²) < 4.78 is 0.713. The number of aromatic hydroxyl groups is 1. The van der Waals surface area contributed by atoms with Crippen LogP contribution in [0.2, 0.25) is 0 Å². The fourth-order valence-electron chi connectivity index (χ4n) is 1.49. The summed E-state index contributed by atoms with van der Waals surface area (Å²) in [4.78, 5) is 16.0. The van der Waals surface area contributed by atoms with E-state index in [4.69, 9.17) is 0 Å². The van der Waals surface area contributed by atoms with Gasteiger partial charge in [-0.3, -0.25) is 4.79 Å². The van der Waals surface area contributed by atoms with Gasteiger partial charge in [0.2, 0.25) is 0 Å². The maximum Gasteiger partial charge on any atom is 0.260 e. The lowest BCUT2D eigenvalue weighted by Crippen LogP contribution is -2.14. The quantitative estimate of drug-likeness (QED) is 0.896. The fourth-order valence-corrected chi connectivity index (χ4v) is 1.84. The van der Waals surface area contributed by atoms with Crippen LogP contribution in [0, 0.1) is 6.92 Å². The van der Waals surface area contributed by atoms with Crippen molar-refractivity contribution in [2.24, 2.45) is 0 Å². The number of nitrogens with zero attached hydrogens (tertiary/aromatic N) is 1. The van der Waals surface area contributed by atoms with Crippen molar-refractivity contribution >= 4 is 27.7 Å². The number of carbonyl (C=O) groups excluding carboxylic acids is 1. The van der Waals surface area contributed by atoms with Crippen LogP contribution in [0.3, 0.4) is 0 Å². The maximum absolute atomic E-state index is 12.0. The number of pyridine rings is 1. The van der Waals surface area contributed by atoms with E-state index in [0.29, 0.717) is 10.3 Å². The molecule has 0 radical (unpaired) electrons. The van der Waals surface area contributed by atoms with Gasteiger partial charge in [0.25, 0.3) is 5.91 Å². The van der Waals surface area contributed by atoms with Gasteiger partial charge in [0, 0.05) is 10.7 Å². The number of nitrogens with one attached hydrogen (secondary N) is 1. The molecule has 2 aromatic rings. The lowest BCUT2D eigenvalue weighted by molar-refractivity contribution is 0.102. The Morgan fingerprint density at radius 2 is 2.17 bits per heavy atom. The van der Waals surface area contributed by atoms with Gasteiger partial charge >= 0.3 is 0 Å². The van der Waals surface area contributed by atoms with Crippen LogP contribution in [0.4, 0.5) is 5.82 Å². The molecular formula is C13H11BrN2O2. The van der Waals surface area contributed by atoms with Crippen molar-refractivity contribution in [1.82, 2.24) is 4.98 Å². The van der Waals surface area contributed by atoms with Crippen LogP contribution in [-0.4, -0.2) is 16.0 Å². The SMILES string of the molecule is Cc1cccnc1NC(=O)c1ccc(Br)cc1O. The highest BCUT2D eigenvalue weighted by atomic mass is 79.9. The van der Waals surface area contributed by atoms with Crippen LogP contribution in [-0.2, 0) is 0 Å². The zero-order chi connectivity index (χ0) is 13.1. The summed E-state index contributed by atoms with van der Waals surface area (Å²) in [7, 11) is 0. The Bertz CT molecular complexity index is 599. The number of rotatable bonds is 2. The van der Waals surface area contributed by atoms with Crippen molar-refractivity contribution in [2.45, 2.75) is 6.92 Å². The van der Waals surface area contributed by atoms with Crippen molar-refractivity contribution in [3.8, 4) is 5.75 Å². The molecule has 1 aromatic carbocycles. The predicted molar refractivity (Wildman–Crippen MR) is 72.7 cm³/mol. The van der Waals surface area contributed by atoms with E-state index >= 15 is 0 Å². The van der Waals surface area contributed by atoms with E-state index in [1.807, 2.05) is 13.0 Å². The topological polar surface area (TPSA) is 62.2 Å². The molecule has 0 saturated carbocycles. The van der Waals surface area contributed by atoms with Crippen molar-refractivity contribution in [1.29, 1.82) is 0 Å². The molecule has 92 valence electrons. The minimum Gasteiger partial charge on any atom is -0.507 e. The first-order chi connectivity index (χ1) is 8.58. The largest absolute Gasteiger partial charge is 0.507 e. The Hall–Kier alpha value is -1.88. The molecule has 5 heteroatoms. The molecule has 0 aliphatic rings.